The van der Waals surface area contributed by atoms with E-state index in [4.69, 9.17) is 5.26 Å². The number of carbonyl (C=O) groups excluding carboxylic acids is 2. The largest absolute Gasteiger partial charge is 0.468 e. The summed E-state index contributed by atoms with van der Waals surface area (Å²) in [4.78, 5) is 23.7. The Labute approximate surface area is 99.7 Å². The van der Waals surface area contributed by atoms with Crippen LogP contribution in [0.2, 0.25) is 0 Å². The number of thioether (sulfide) groups is 1. The predicted octanol–water partition coefficient (Wildman–Crippen LogP) is 0.655. The lowest BCUT2D eigenvalue weighted by Crippen LogP contribution is -2.27. The Bertz CT molecular complexity index is 276. The van der Waals surface area contributed by atoms with Crippen LogP contribution in [-0.4, -0.2) is 49.0 Å². The van der Waals surface area contributed by atoms with Crippen molar-refractivity contribution in [1.29, 1.82) is 5.26 Å². The molecule has 5 nitrogen and oxygen atoms in total. The molecule has 0 aromatic heterocycles. The molecule has 0 atom stereocenters. The van der Waals surface area contributed by atoms with E-state index in [2.05, 4.69) is 4.74 Å². The van der Waals surface area contributed by atoms with Crippen molar-refractivity contribution >= 4 is 23.6 Å². The molecule has 0 radical (unpaired) electrons. The molecule has 0 aliphatic rings. The van der Waals surface area contributed by atoms with Crippen molar-refractivity contribution in [3.63, 3.8) is 0 Å². The van der Waals surface area contributed by atoms with Crippen LogP contribution < -0.4 is 0 Å². The molecule has 0 spiro atoms. The normalized spacial score (nSPS) is 9.31. The molecule has 0 rings (SSSR count). The number of nitrogens with zero attached hydrogens (tertiary/aromatic N) is 2. The average molecular weight is 244 g/mol. The summed E-state index contributed by atoms with van der Waals surface area (Å²) < 4.78 is 4.47. The van der Waals surface area contributed by atoms with Crippen LogP contribution in [0.3, 0.4) is 0 Å². The van der Waals surface area contributed by atoms with E-state index >= 15 is 0 Å². The smallest absolute Gasteiger partial charge is 0.315 e. The summed E-state index contributed by atoms with van der Waals surface area (Å²) in [6.45, 7) is 0.455. The first-order chi connectivity index (χ1) is 7.61. The van der Waals surface area contributed by atoms with Gasteiger partial charge in [-0.3, -0.25) is 9.59 Å². The summed E-state index contributed by atoms with van der Waals surface area (Å²) in [5.74, 6) is 0.569. The second-order valence-corrected chi connectivity index (χ2v) is 4.21. The van der Waals surface area contributed by atoms with Gasteiger partial charge in [-0.1, -0.05) is 0 Å². The maximum atomic E-state index is 11.5. The minimum atomic E-state index is -0.282. The SMILES string of the molecule is COC(=O)CSCCC(=O)N(C)CCC#N. The van der Waals surface area contributed by atoms with Gasteiger partial charge in [-0.25, -0.2) is 0 Å². The number of ether oxygens (including phenoxy) is 1. The number of hydrogen-bond acceptors (Lipinski definition) is 5. The summed E-state index contributed by atoms with van der Waals surface area (Å²) >= 11 is 1.37. The molecule has 0 N–H and O–H groups in total. The van der Waals surface area contributed by atoms with Crippen LogP contribution in [0.1, 0.15) is 12.8 Å². The van der Waals surface area contributed by atoms with Gasteiger partial charge < -0.3 is 9.64 Å². The second-order valence-electron chi connectivity index (χ2n) is 3.10. The molecule has 0 bridgehead atoms. The first kappa shape index (κ1) is 14.8. The number of rotatable bonds is 7. The van der Waals surface area contributed by atoms with E-state index < -0.39 is 0 Å². The fourth-order valence-corrected chi connectivity index (χ4v) is 1.65. The van der Waals surface area contributed by atoms with Crippen molar-refractivity contribution < 1.29 is 14.3 Å². The standard InChI is InChI=1S/C10H16N2O3S/c1-12(6-3-5-11)9(13)4-7-16-8-10(14)15-2/h3-4,6-8H2,1-2H3. The zero-order chi connectivity index (χ0) is 12.4. The summed E-state index contributed by atoms with van der Waals surface area (Å²) in [6.07, 6.45) is 0.723. The molecule has 6 heteroatoms. The van der Waals surface area contributed by atoms with E-state index in [0.717, 1.165) is 0 Å². The third-order valence-electron chi connectivity index (χ3n) is 1.89. The highest BCUT2D eigenvalue weighted by Crippen LogP contribution is 2.04. The first-order valence-electron chi connectivity index (χ1n) is 4.87. The molecule has 0 aliphatic heterocycles. The third kappa shape index (κ3) is 7.12. The van der Waals surface area contributed by atoms with Gasteiger partial charge in [0.1, 0.15) is 0 Å². The number of esters is 1. The Morgan fingerprint density at radius 1 is 1.50 bits per heavy atom. The van der Waals surface area contributed by atoms with Crippen LogP contribution in [0.5, 0.6) is 0 Å². The highest BCUT2D eigenvalue weighted by molar-refractivity contribution is 7.99. The Morgan fingerprint density at radius 3 is 2.75 bits per heavy atom. The number of carbonyl (C=O) groups is 2. The lowest BCUT2D eigenvalue weighted by Gasteiger charge is -2.14. The van der Waals surface area contributed by atoms with Gasteiger partial charge in [-0.05, 0) is 0 Å². The van der Waals surface area contributed by atoms with Crippen molar-refractivity contribution in [3.05, 3.63) is 0 Å². The molecule has 1 amide bonds. The van der Waals surface area contributed by atoms with Crippen molar-refractivity contribution in [2.45, 2.75) is 12.8 Å². The van der Waals surface area contributed by atoms with Crippen molar-refractivity contribution in [2.75, 3.05) is 32.2 Å². The molecule has 0 aromatic carbocycles. The number of hydrogen-bond donors (Lipinski definition) is 0. The Morgan fingerprint density at radius 2 is 2.19 bits per heavy atom. The van der Waals surface area contributed by atoms with Crippen LogP contribution in [-0.2, 0) is 14.3 Å². The molecule has 0 aliphatic carbocycles. The van der Waals surface area contributed by atoms with Crippen molar-refractivity contribution in [3.8, 4) is 6.07 Å². The summed E-state index contributed by atoms with van der Waals surface area (Å²) in [5, 5.41) is 8.36. The van der Waals surface area contributed by atoms with Gasteiger partial charge in [0.15, 0.2) is 0 Å². The van der Waals surface area contributed by atoms with Gasteiger partial charge in [0.2, 0.25) is 5.91 Å². The molecule has 0 aromatic rings. The van der Waals surface area contributed by atoms with Crippen LogP contribution in [0.4, 0.5) is 0 Å². The lowest BCUT2D eigenvalue weighted by atomic mass is 10.3. The van der Waals surface area contributed by atoms with Gasteiger partial charge >= 0.3 is 5.97 Å². The van der Waals surface area contributed by atoms with E-state index in [1.807, 2.05) is 6.07 Å². The predicted molar refractivity (Wildman–Crippen MR) is 61.8 cm³/mol. The minimum Gasteiger partial charge on any atom is -0.468 e. The number of amides is 1. The molecular weight excluding hydrogens is 228 g/mol. The number of nitriles is 1. The van der Waals surface area contributed by atoms with E-state index in [9.17, 15) is 9.59 Å². The maximum Gasteiger partial charge on any atom is 0.315 e. The zero-order valence-corrected chi connectivity index (χ0v) is 10.4. The van der Waals surface area contributed by atoms with Crippen LogP contribution in [0, 0.1) is 11.3 Å². The quantitative estimate of drug-likeness (QED) is 0.486. The summed E-state index contributed by atoms with van der Waals surface area (Å²) in [7, 11) is 3.01. The fourth-order valence-electron chi connectivity index (χ4n) is 0.907. The Hall–Kier alpha value is -1.22. The molecule has 16 heavy (non-hydrogen) atoms. The molecule has 0 unspecified atom stereocenters. The van der Waals surface area contributed by atoms with Crippen LogP contribution in [0.15, 0.2) is 0 Å². The van der Waals surface area contributed by atoms with E-state index in [1.165, 1.54) is 23.8 Å². The maximum absolute atomic E-state index is 11.5. The highest BCUT2D eigenvalue weighted by atomic mass is 32.2. The summed E-state index contributed by atoms with van der Waals surface area (Å²) in [6, 6.07) is 1.98. The molecular formula is C10H16N2O3S. The minimum absolute atomic E-state index is 0.00684. The van der Waals surface area contributed by atoms with E-state index in [-0.39, 0.29) is 17.6 Å². The van der Waals surface area contributed by atoms with Crippen LogP contribution >= 0.6 is 11.8 Å². The van der Waals surface area contributed by atoms with Gasteiger partial charge in [0.05, 0.1) is 25.4 Å². The molecule has 0 fully saturated rings. The second kappa shape index (κ2) is 9.04. The van der Waals surface area contributed by atoms with Gasteiger partial charge in [0.25, 0.3) is 0 Å². The molecule has 0 saturated heterocycles. The van der Waals surface area contributed by atoms with Gasteiger partial charge in [0, 0.05) is 25.8 Å². The van der Waals surface area contributed by atoms with E-state index in [1.54, 1.807) is 7.05 Å². The Balaban J connectivity index is 3.57. The molecule has 90 valence electrons. The van der Waals surface area contributed by atoms with Crippen LogP contribution in [0.25, 0.3) is 0 Å². The molecule has 0 heterocycles. The third-order valence-corrected chi connectivity index (χ3v) is 2.83. The highest BCUT2D eigenvalue weighted by Gasteiger charge is 2.08. The van der Waals surface area contributed by atoms with E-state index in [0.29, 0.717) is 25.1 Å². The Kier molecular flexibility index (Phi) is 8.35. The van der Waals surface area contributed by atoms with Crippen molar-refractivity contribution in [1.82, 2.24) is 4.90 Å². The zero-order valence-electron chi connectivity index (χ0n) is 9.56. The van der Waals surface area contributed by atoms with Crippen molar-refractivity contribution in [2.24, 2.45) is 0 Å². The fraction of sp³-hybridized carbons (Fsp3) is 0.700. The monoisotopic (exact) mass is 244 g/mol. The van der Waals surface area contributed by atoms with Gasteiger partial charge in [-0.15, -0.1) is 11.8 Å². The summed E-state index contributed by atoms with van der Waals surface area (Å²) in [5.41, 5.74) is 0. The first-order valence-corrected chi connectivity index (χ1v) is 6.02. The van der Waals surface area contributed by atoms with Gasteiger partial charge in [-0.2, -0.15) is 5.26 Å². The number of methoxy groups -OCH3 is 1. The topological polar surface area (TPSA) is 70.4 Å². The molecule has 0 saturated carbocycles. The average Bonchev–Trinajstić information content (AvgIpc) is 2.30. The lowest BCUT2D eigenvalue weighted by molar-refractivity contribution is -0.137.